The van der Waals surface area contributed by atoms with Crippen LogP contribution in [0.2, 0.25) is 5.02 Å². The number of morpholine rings is 1. The van der Waals surface area contributed by atoms with Gasteiger partial charge in [0.15, 0.2) is 0 Å². The Labute approximate surface area is 131 Å². The number of hydrogen-bond donors (Lipinski definition) is 1. The van der Waals surface area contributed by atoms with Crippen molar-refractivity contribution in [3.8, 4) is 0 Å². The van der Waals surface area contributed by atoms with Gasteiger partial charge in [0.2, 0.25) is 5.91 Å². The number of halogens is 1. The fourth-order valence-electron chi connectivity index (χ4n) is 2.63. The van der Waals surface area contributed by atoms with Crippen LogP contribution in [0, 0.1) is 0 Å². The third kappa shape index (κ3) is 5.30. The van der Waals surface area contributed by atoms with E-state index in [1.54, 1.807) is 0 Å². The van der Waals surface area contributed by atoms with Crippen molar-refractivity contribution in [2.75, 3.05) is 32.8 Å². The first kappa shape index (κ1) is 16.3. The molecule has 0 spiro atoms. The Morgan fingerprint density at radius 2 is 2.38 bits per heavy atom. The van der Waals surface area contributed by atoms with Gasteiger partial charge in [0, 0.05) is 38.1 Å². The fourth-order valence-corrected chi connectivity index (χ4v) is 2.83. The topological polar surface area (TPSA) is 41.6 Å². The van der Waals surface area contributed by atoms with E-state index in [-0.39, 0.29) is 12.0 Å². The second-order valence-corrected chi connectivity index (χ2v) is 6.08. The van der Waals surface area contributed by atoms with Crippen LogP contribution in [0.3, 0.4) is 0 Å². The number of rotatable bonds is 5. The van der Waals surface area contributed by atoms with E-state index in [9.17, 15) is 4.79 Å². The van der Waals surface area contributed by atoms with E-state index in [1.165, 1.54) is 12.5 Å². The molecule has 5 heteroatoms. The van der Waals surface area contributed by atoms with Crippen molar-refractivity contribution in [3.63, 3.8) is 0 Å². The van der Waals surface area contributed by atoms with Gasteiger partial charge in [0.1, 0.15) is 0 Å². The molecule has 1 N–H and O–H groups in total. The van der Waals surface area contributed by atoms with Gasteiger partial charge in [-0.1, -0.05) is 30.7 Å². The van der Waals surface area contributed by atoms with Gasteiger partial charge in [-0.2, -0.15) is 0 Å². The zero-order chi connectivity index (χ0) is 15.2. The lowest BCUT2D eigenvalue weighted by atomic mass is 10.0. The predicted octanol–water partition coefficient (Wildman–Crippen LogP) is 2.28. The highest BCUT2D eigenvalue weighted by molar-refractivity contribution is 6.30. The van der Waals surface area contributed by atoms with E-state index < -0.39 is 0 Å². The maximum atomic E-state index is 11.0. The van der Waals surface area contributed by atoms with Gasteiger partial charge in [-0.05, 0) is 23.6 Å². The normalized spacial score (nSPS) is 21.0. The average molecular weight is 311 g/mol. The number of ether oxygens (including phenoxy) is 1. The first-order chi connectivity index (χ1) is 10.0. The predicted molar refractivity (Wildman–Crippen MR) is 84.7 cm³/mol. The van der Waals surface area contributed by atoms with Gasteiger partial charge in [0.05, 0.1) is 12.7 Å². The van der Waals surface area contributed by atoms with Crippen LogP contribution in [0.4, 0.5) is 0 Å². The Bertz CT molecular complexity index is 481. The molecule has 21 heavy (non-hydrogen) atoms. The summed E-state index contributed by atoms with van der Waals surface area (Å²) in [6.45, 7) is 7.79. The van der Waals surface area contributed by atoms with Crippen LogP contribution in [0.15, 0.2) is 24.3 Å². The smallest absolute Gasteiger partial charge is 0.216 e. The minimum absolute atomic E-state index is 0.0111. The first-order valence-electron chi connectivity index (χ1n) is 7.38. The molecule has 1 heterocycles. The molecule has 1 aliphatic rings. The van der Waals surface area contributed by atoms with Gasteiger partial charge in [-0.15, -0.1) is 0 Å². The van der Waals surface area contributed by atoms with Crippen molar-refractivity contribution in [2.24, 2.45) is 0 Å². The Morgan fingerprint density at radius 1 is 1.57 bits per heavy atom. The molecule has 0 aromatic heterocycles. The lowest BCUT2D eigenvalue weighted by Gasteiger charge is -2.34. The van der Waals surface area contributed by atoms with Crippen molar-refractivity contribution < 1.29 is 9.53 Å². The number of amides is 1. The summed E-state index contributed by atoms with van der Waals surface area (Å²) in [6, 6.07) is 8.04. The number of hydrogen-bond acceptors (Lipinski definition) is 3. The third-order valence-corrected chi connectivity index (χ3v) is 3.99. The van der Waals surface area contributed by atoms with Crippen LogP contribution in [0.25, 0.3) is 0 Å². The van der Waals surface area contributed by atoms with Gasteiger partial charge in [-0.3, -0.25) is 9.69 Å². The maximum absolute atomic E-state index is 11.0. The summed E-state index contributed by atoms with van der Waals surface area (Å²) >= 11 is 6.05. The molecule has 0 aliphatic carbocycles. The van der Waals surface area contributed by atoms with Gasteiger partial charge in [-0.25, -0.2) is 0 Å². The lowest BCUT2D eigenvalue weighted by molar-refractivity contribution is -0.120. The Kier molecular flexibility index (Phi) is 6.03. The van der Waals surface area contributed by atoms with Crippen molar-refractivity contribution in [1.29, 1.82) is 0 Å². The van der Waals surface area contributed by atoms with Crippen molar-refractivity contribution >= 4 is 17.5 Å². The number of carbonyl (C=O) groups is 1. The molecular formula is C16H23ClN2O2. The van der Waals surface area contributed by atoms with Crippen LogP contribution in [-0.4, -0.2) is 49.7 Å². The van der Waals surface area contributed by atoms with Crippen molar-refractivity contribution in [2.45, 2.75) is 25.9 Å². The van der Waals surface area contributed by atoms with Gasteiger partial charge < -0.3 is 10.1 Å². The van der Waals surface area contributed by atoms with Crippen molar-refractivity contribution in [3.05, 3.63) is 34.9 Å². The Hall–Kier alpha value is -1.10. The third-order valence-electron chi connectivity index (χ3n) is 3.75. The molecule has 0 bridgehead atoms. The van der Waals surface area contributed by atoms with Crippen LogP contribution in [-0.2, 0) is 9.53 Å². The molecular weight excluding hydrogens is 288 g/mol. The second-order valence-electron chi connectivity index (χ2n) is 5.65. The summed E-state index contributed by atoms with van der Waals surface area (Å²) in [5.41, 5.74) is 1.26. The highest BCUT2D eigenvalue weighted by Crippen LogP contribution is 2.21. The summed E-state index contributed by atoms with van der Waals surface area (Å²) in [4.78, 5) is 13.4. The highest BCUT2D eigenvalue weighted by atomic mass is 35.5. The molecule has 1 aromatic rings. The molecule has 1 saturated heterocycles. The SMILES string of the molecule is CC(=O)NC[C@@H]1CN(C[C@H](C)c2cccc(Cl)c2)CCO1. The summed E-state index contributed by atoms with van der Waals surface area (Å²) in [5, 5.41) is 3.60. The maximum Gasteiger partial charge on any atom is 0.216 e. The van der Waals surface area contributed by atoms with Crippen LogP contribution >= 0.6 is 11.6 Å². The number of carbonyl (C=O) groups excluding carboxylic acids is 1. The lowest BCUT2D eigenvalue weighted by Crippen LogP contribution is -2.48. The molecule has 1 aromatic carbocycles. The molecule has 2 rings (SSSR count). The Balaban J connectivity index is 1.85. The minimum Gasteiger partial charge on any atom is -0.374 e. The largest absolute Gasteiger partial charge is 0.374 e. The van der Waals surface area contributed by atoms with Crippen LogP contribution in [0.5, 0.6) is 0 Å². The van der Waals surface area contributed by atoms with E-state index >= 15 is 0 Å². The van der Waals surface area contributed by atoms with E-state index in [1.807, 2.05) is 18.2 Å². The number of nitrogens with one attached hydrogen (secondary N) is 1. The molecule has 1 aliphatic heterocycles. The number of benzene rings is 1. The van der Waals surface area contributed by atoms with Crippen LogP contribution < -0.4 is 5.32 Å². The molecule has 0 unspecified atom stereocenters. The van der Waals surface area contributed by atoms with Gasteiger partial charge >= 0.3 is 0 Å². The summed E-state index contributed by atoms with van der Waals surface area (Å²) < 4.78 is 5.69. The molecule has 0 saturated carbocycles. The minimum atomic E-state index is -0.0111. The van der Waals surface area contributed by atoms with E-state index in [0.29, 0.717) is 19.1 Å². The molecule has 0 radical (unpaired) electrons. The number of nitrogens with zero attached hydrogens (tertiary/aromatic N) is 1. The standard InChI is InChI=1S/C16H23ClN2O2/c1-12(14-4-3-5-15(17)8-14)10-19-6-7-21-16(11-19)9-18-13(2)20/h3-5,8,12,16H,6-7,9-11H2,1-2H3,(H,18,20)/t12-,16+/m0/s1. The highest BCUT2D eigenvalue weighted by Gasteiger charge is 2.22. The summed E-state index contributed by atoms with van der Waals surface area (Å²) in [6.07, 6.45) is 0.0780. The van der Waals surface area contributed by atoms with Gasteiger partial charge in [0.25, 0.3) is 0 Å². The van der Waals surface area contributed by atoms with E-state index in [2.05, 4.69) is 23.2 Å². The molecule has 2 atom stereocenters. The zero-order valence-corrected chi connectivity index (χ0v) is 13.4. The fraction of sp³-hybridized carbons (Fsp3) is 0.562. The second kappa shape index (κ2) is 7.78. The zero-order valence-electron chi connectivity index (χ0n) is 12.6. The molecule has 116 valence electrons. The van der Waals surface area contributed by atoms with Crippen LogP contribution in [0.1, 0.15) is 25.3 Å². The molecule has 1 fully saturated rings. The molecule has 4 nitrogen and oxygen atoms in total. The molecule has 1 amide bonds. The van der Waals surface area contributed by atoms with Crippen molar-refractivity contribution in [1.82, 2.24) is 10.2 Å². The summed E-state index contributed by atoms with van der Waals surface area (Å²) in [7, 11) is 0. The summed E-state index contributed by atoms with van der Waals surface area (Å²) in [5.74, 6) is 0.409. The van der Waals surface area contributed by atoms with E-state index in [0.717, 1.165) is 24.7 Å². The van der Waals surface area contributed by atoms with E-state index in [4.69, 9.17) is 16.3 Å². The quantitative estimate of drug-likeness (QED) is 0.907. The average Bonchev–Trinajstić information content (AvgIpc) is 2.45. The monoisotopic (exact) mass is 310 g/mol. The first-order valence-corrected chi connectivity index (χ1v) is 7.76. The Morgan fingerprint density at radius 3 is 3.10 bits per heavy atom.